The van der Waals surface area contributed by atoms with Gasteiger partial charge in [-0.05, 0) is 54.8 Å². The first-order valence-corrected chi connectivity index (χ1v) is 9.94. The van der Waals surface area contributed by atoms with E-state index in [1.165, 1.54) is 30.8 Å². The second-order valence-electron chi connectivity index (χ2n) is 6.67. The number of carbonyl (C=O) groups excluding carboxylic acids is 1. The van der Waals surface area contributed by atoms with Gasteiger partial charge in [0.1, 0.15) is 11.6 Å². The van der Waals surface area contributed by atoms with Crippen LogP contribution in [-0.4, -0.2) is 15.8 Å². The molecule has 144 valence electrons. The van der Waals surface area contributed by atoms with Crippen LogP contribution in [0.25, 0.3) is 0 Å². The van der Waals surface area contributed by atoms with Gasteiger partial charge < -0.3 is 4.74 Å². The number of benzene rings is 2. The highest BCUT2D eigenvalue weighted by molar-refractivity contribution is 7.98. The minimum atomic E-state index is -0.257. The van der Waals surface area contributed by atoms with Gasteiger partial charge in [-0.25, -0.2) is 9.37 Å². The lowest BCUT2D eigenvalue weighted by atomic mass is 10.1. The number of rotatable bonds is 7. The average Bonchev–Trinajstić information content (AvgIpc) is 2.67. The van der Waals surface area contributed by atoms with Crippen LogP contribution in [0.2, 0.25) is 0 Å². The number of thioether (sulfide) groups is 1. The summed E-state index contributed by atoms with van der Waals surface area (Å²) < 4.78 is 19.2. The van der Waals surface area contributed by atoms with Gasteiger partial charge in [0.15, 0.2) is 10.9 Å². The Morgan fingerprint density at radius 2 is 1.86 bits per heavy atom. The van der Waals surface area contributed by atoms with Gasteiger partial charge in [-0.2, -0.15) is 4.98 Å². The van der Waals surface area contributed by atoms with E-state index in [9.17, 15) is 9.18 Å². The van der Waals surface area contributed by atoms with Crippen molar-refractivity contribution >= 4 is 17.5 Å². The van der Waals surface area contributed by atoms with Crippen molar-refractivity contribution in [3.8, 4) is 11.6 Å². The Balaban J connectivity index is 1.79. The zero-order valence-corrected chi connectivity index (χ0v) is 16.8. The third-order valence-corrected chi connectivity index (χ3v) is 4.95. The van der Waals surface area contributed by atoms with Crippen molar-refractivity contribution in [3.63, 3.8) is 0 Å². The maximum absolute atomic E-state index is 13.4. The second-order valence-corrected chi connectivity index (χ2v) is 7.61. The molecular weight excluding hydrogens is 375 g/mol. The largest absolute Gasteiger partial charge is 0.439 e. The molecule has 0 unspecified atom stereocenters. The first kappa shape index (κ1) is 20.0. The van der Waals surface area contributed by atoms with Crippen LogP contribution in [0.1, 0.15) is 48.3 Å². The molecule has 6 heteroatoms. The zero-order valence-electron chi connectivity index (χ0n) is 16.0. The van der Waals surface area contributed by atoms with E-state index in [-0.39, 0.29) is 17.5 Å². The van der Waals surface area contributed by atoms with Crippen molar-refractivity contribution < 1.29 is 13.9 Å². The molecule has 0 fully saturated rings. The van der Waals surface area contributed by atoms with Gasteiger partial charge in [0.05, 0.1) is 5.69 Å². The molecule has 0 N–H and O–H groups in total. The molecule has 4 nitrogen and oxygen atoms in total. The third kappa shape index (κ3) is 5.39. The monoisotopic (exact) mass is 396 g/mol. The summed E-state index contributed by atoms with van der Waals surface area (Å²) in [7, 11) is 0. The molecule has 0 aliphatic carbocycles. The summed E-state index contributed by atoms with van der Waals surface area (Å²) in [6.45, 7) is 5.63. The van der Waals surface area contributed by atoms with E-state index < -0.39 is 0 Å². The minimum Gasteiger partial charge on any atom is -0.439 e. The van der Waals surface area contributed by atoms with Crippen molar-refractivity contribution in [2.45, 2.75) is 37.6 Å². The summed E-state index contributed by atoms with van der Waals surface area (Å²) in [4.78, 5) is 20.5. The standard InChI is InChI=1S/C22H21FN2O2S/c1-14(2)20-12-21(27-19-9-7-17(8-10-19)15(3)26)25-22(24-20)28-13-16-5-4-6-18(23)11-16/h4-12,14H,13H2,1-3H3. The molecule has 0 bridgehead atoms. The van der Waals surface area contributed by atoms with Crippen LogP contribution in [-0.2, 0) is 5.75 Å². The molecular formula is C22H21FN2O2S. The normalized spacial score (nSPS) is 10.9. The molecule has 1 heterocycles. The maximum Gasteiger partial charge on any atom is 0.223 e. The molecule has 0 saturated carbocycles. The summed E-state index contributed by atoms with van der Waals surface area (Å²) in [5.74, 6) is 1.56. The lowest BCUT2D eigenvalue weighted by Gasteiger charge is -2.11. The fourth-order valence-electron chi connectivity index (χ4n) is 2.49. The molecule has 0 radical (unpaired) electrons. The molecule has 0 saturated heterocycles. The number of ether oxygens (including phenoxy) is 1. The van der Waals surface area contributed by atoms with E-state index in [0.29, 0.717) is 28.1 Å². The molecule has 0 amide bonds. The van der Waals surface area contributed by atoms with Gasteiger partial charge >= 0.3 is 0 Å². The Hall–Kier alpha value is -2.73. The van der Waals surface area contributed by atoms with Gasteiger partial charge in [0, 0.05) is 17.4 Å². The maximum atomic E-state index is 13.4. The lowest BCUT2D eigenvalue weighted by Crippen LogP contribution is -2.00. The predicted octanol–water partition coefficient (Wildman–Crippen LogP) is 6.03. The fourth-order valence-corrected chi connectivity index (χ4v) is 3.29. The van der Waals surface area contributed by atoms with Crippen LogP contribution in [0.15, 0.2) is 59.8 Å². The molecule has 28 heavy (non-hydrogen) atoms. The quantitative estimate of drug-likeness (QED) is 0.277. The Morgan fingerprint density at radius 1 is 1.11 bits per heavy atom. The number of halogens is 1. The van der Waals surface area contributed by atoms with E-state index in [1.54, 1.807) is 30.3 Å². The van der Waals surface area contributed by atoms with Gasteiger partial charge in [-0.15, -0.1) is 0 Å². The van der Waals surface area contributed by atoms with Gasteiger partial charge in [-0.1, -0.05) is 37.7 Å². The minimum absolute atomic E-state index is 0.00622. The highest BCUT2D eigenvalue weighted by atomic mass is 32.2. The zero-order chi connectivity index (χ0) is 20.1. The number of carbonyl (C=O) groups is 1. The predicted molar refractivity (Wildman–Crippen MR) is 109 cm³/mol. The van der Waals surface area contributed by atoms with Crippen LogP contribution in [0.4, 0.5) is 4.39 Å². The number of Topliss-reactive ketones (excluding diaryl/α,β-unsaturated/α-hetero) is 1. The van der Waals surface area contributed by atoms with E-state index in [0.717, 1.165) is 11.3 Å². The van der Waals surface area contributed by atoms with Crippen molar-refractivity contribution in [2.24, 2.45) is 0 Å². The summed E-state index contributed by atoms with van der Waals surface area (Å²) in [6, 6.07) is 15.2. The molecule has 0 spiro atoms. The molecule has 2 aromatic carbocycles. The summed E-state index contributed by atoms with van der Waals surface area (Å²) in [5, 5.41) is 0.575. The molecule has 0 aliphatic heterocycles. The number of hydrogen-bond donors (Lipinski definition) is 0. The highest BCUT2D eigenvalue weighted by Gasteiger charge is 2.11. The van der Waals surface area contributed by atoms with Gasteiger partial charge in [0.2, 0.25) is 5.88 Å². The molecule has 3 rings (SSSR count). The van der Waals surface area contributed by atoms with Crippen LogP contribution in [0.5, 0.6) is 11.6 Å². The molecule has 0 atom stereocenters. The van der Waals surface area contributed by atoms with Gasteiger partial charge in [0.25, 0.3) is 0 Å². The first-order valence-electron chi connectivity index (χ1n) is 8.96. The highest BCUT2D eigenvalue weighted by Crippen LogP contribution is 2.28. The van der Waals surface area contributed by atoms with Crippen LogP contribution < -0.4 is 4.74 Å². The molecule has 3 aromatic rings. The average molecular weight is 396 g/mol. The summed E-state index contributed by atoms with van der Waals surface area (Å²) >= 11 is 1.43. The van der Waals surface area contributed by atoms with Crippen molar-refractivity contribution in [2.75, 3.05) is 0 Å². The van der Waals surface area contributed by atoms with E-state index in [2.05, 4.69) is 23.8 Å². The van der Waals surface area contributed by atoms with E-state index >= 15 is 0 Å². The first-order chi connectivity index (χ1) is 13.4. The SMILES string of the molecule is CC(=O)c1ccc(Oc2cc(C(C)C)nc(SCc3cccc(F)c3)n2)cc1. The van der Waals surface area contributed by atoms with Crippen LogP contribution in [0, 0.1) is 5.82 Å². The number of ketones is 1. The smallest absolute Gasteiger partial charge is 0.223 e. The third-order valence-electron chi connectivity index (χ3n) is 4.03. The van der Waals surface area contributed by atoms with Crippen molar-refractivity contribution in [1.29, 1.82) is 0 Å². The second kappa shape index (κ2) is 8.97. The van der Waals surface area contributed by atoms with Crippen molar-refractivity contribution in [1.82, 2.24) is 9.97 Å². The summed E-state index contributed by atoms with van der Waals surface area (Å²) in [6.07, 6.45) is 0. The van der Waals surface area contributed by atoms with E-state index in [4.69, 9.17) is 4.74 Å². The Bertz CT molecular complexity index is 975. The molecule has 0 aliphatic rings. The topological polar surface area (TPSA) is 52.1 Å². The Labute approximate surface area is 168 Å². The number of nitrogens with zero attached hydrogens (tertiary/aromatic N) is 2. The van der Waals surface area contributed by atoms with E-state index in [1.807, 2.05) is 12.1 Å². The number of hydrogen-bond acceptors (Lipinski definition) is 5. The number of aromatic nitrogens is 2. The van der Waals surface area contributed by atoms with Gasteiger partial charge in [-0.3, -0.25) is 4.79 Å². The van der Waals surface area contributed by atoms with Crippen molar-refractivity contribution in [3.05, 3.63) is 77.2 Å². The molecule has 1 aromatic heterocycles. The summed E-state index contributed by atoms with van der Waals surface area (Å²) in [5.41, 5.74) is 2.36. The Kier molecular flexibility index (Phi) is 6.41. The fraction of sp³-hybridized carbons (Fsp3) is 0.227. The Morgan fingerprint density at radius 3 is 2.50 bits per heavy atom. The lowest BCUT2D eigenvalue weighted by molar-refractivity contribution is 0.101. The van der Waals surface area contributed by atoms with Crippen LogP contribution in [0.3, 0.4) is 0 Å². The van der Waals surface area contributed by atoms with Crippen LogP contribution >= 0.6 is 11.8 Å².